The summed E-state index contributed by atoms with van der Waals surface area (Å²) in [7, 11) is 0. The summed E-state index contributed by atoms with van der Waals surface area (Å²) in [6, 6.07) is 17.4. The summed E-state index contributed by atoms with van der Waals surface area (Å²) in [6.45, 7) is 1.75. The number of nitrogens with zero attached hydrogens (tertiary/aromatic N) is 2. The van der Waals surface area contributed by atoms with Crippen LogP contribution in [-0.4, -0.2) is 16.1 Å². The highest BCUT2D eigenvalue weighted by atomic mass is 16.4. The summed E-state index contributed by atoms with van der Waals surface area (Å²) in [6.07, 6.45) is 1.78. The SMILES string of the molecule is Cc1nnc(-c2ccc(NC(=O)C3(c4ccccc4)CC3)cc2)o1. The van der Waals surface area contributed by atoms with E-state index in [2.05, 4.69) is 15.5 Å². The number of carbonyl (C=O) groups excluding carboxylic acids is 1. The van der Waals surface area contributed by atoms with Gasteiger partial charge in [-0.3, -0.25) is 4.79 Å². The second-order valence-electron chi connectivity index (χ2n) is 6.11. The fraction of sp³-hybridized carbons (Fsp3) is 0.211. The molecule has 0 bridgehead atoms. The Morgan fingerprint density at radius 2 is 1.75 bits per heavy atom. The summed E-state index contributed by atoms with van der Waals surface area (Å²) in [5.74, 6) is 1.06. The molecule has 120 valence electrons. The zero-order valence-electron chi connectivity index (χ0n) is 13.3. The maximum Gasteiger partial charge on any atom is 0.247 e. The molecule has 1 fully saturated rings. The quantitative estimate of drug-likeness (QED) is 0.796. The highest BCUT2D eigenvalue weighted by Crippen LogP contribution is 2.48. The minimum atomic E-state index is -0.371. The molecular formula is C19H17N3O2. The molecule has 1 saturated carbocycles. The largest absolute Gasteiger partial charge is 0.421 e. The van der Waals surface area contributed by atoms with Crippen molar-refractivity contribution in [3.63, 3.8) is 0 Å². The van der Waals surface area contributed by atoms with E-state index in [0.29, 0.717) is 11.8 Å². The molecule has 1 aliphatic carbocycles. The summed E-state index contributed by atoms with van der Waals surface area (Å²) in [4.78, 5) is 12.7. The smallest absolute Gasteiger partial charge is 0.247 e. The van der Waals surface area contributed by atoms with Gasteiger partial charge in [0, 0.05) is 18.2 Å². The number of aromatic nitrogens is 2. The van der Waals surface area contributed by atoms with Crippen LogP contribution >= 0.6 is 0 Å². The van der Waals surface area contributed by atoms with Crippen LogP contribution in [0.2, 0.25) is 0 Å². The third-order valence-corrected chi connectivity index (χ3v) is 4.43. The van der Waals surface area contributed by atoms with E-state index in [1.807, 2.05) is 54.6 Å². The maximum atomic E-state index is 12.7. The van der Waals surface area contributed by atoms with Crippen molar-refractivity contribution in [2.75, 3.05) is 5.32 Å². The van der Waals surface area contributed by atoms with Gasteiger partial charge in [-0.05, 0) is 42.7 Å². The van der Waals surface area contributed by atoms with Gasteiger partial charge in [-0.2, -0.15) is 0 Å². The third-order valence-electron chi connectivity index (χ3n) is 4.43. The van der Waals surface area contributed by atoms with Crippen LogP contribution in [0.4, 0.5) is 5.69 Å². The van der Waals surface area contributed by atoms with E-state index in [4.69, 9.17) is 4.42 Å². The molecule has 0 unspecified atom stereocenters. The molecule has 0 aliphatic heterocycles. The van der Waals surface area contributed by atoms with Crippen LogP contribution in [0.1, 0.15) is 24.3 Å². The van der Waals surface area contributed by atoms with Gasteiger partial charge in [-0.1, -0.05) is 30.3 Å². The van der Waals surface area contributed by atoms with Crippen molar-refractivity contribution in [2.45, 2.75) is 25.2 Å². The van der Waals surface area contributed by atoms with E-state index in [1.165, 1.54) is 0 Å². The second kappa shape index (κ2) is 5.60. The van der Waals surface area contributed by atoms with Crippen molar-refractivity contribution in [3.8, 4) is 11.5 Å². The van der Waals surface area contributed by atoms with Crippen LogP contribution in [0.15, 0.2) is 59.0 Å². The Morgan fingerprint density at radius 1 is 1.04 bits per heavy atom. The van der Waals surface area contributed by atoms with E-state index in [9.17, 15) is 4.79 Å². The lowest BCUT2D eigenvalue weighted by Crippen LogP contribution is -2.27. The van der Waals surface area contributed by atoms with E-state index in [1.54, 1.807) is 6.92 Å². The second-order valence-corrected chi connectivity index (χ2v) is 6.11. The highest BCUT2D eigenvalue weighted by molar-refractivity contribution is 6.01. The van der Waals surface area contributed by atoms with Crippen LogP contribution in [0.5, 0.6) is 0 Å². The Balaban J connectivity index is 1.50. The molecule has 5 heteroatoms. The Labute approximate surface area is 139 Å². The molecule has 1 amide bonds. The van der Waals surface area contributed by atoms with Crippen molar-refractivity contribution in [2.24, 2.45) is 0 Å². The summed E-state index contributed by atoms with van der Waals surface area (Å²) in [5.41, 5.74) is 2.31. The first-order chi connectivity index (χ1) is 11.7. The molecule has 24 heavy (non-hydrogen) atoms. The standard InChI is InChI=1S/C19H17N3O2/c1-13-21-22-17(24-13)14-7-9-16(10-8-14)20-18(23)19(11-12-19)15-5-3-2-4-6-15/h2-10H,11-12H2,1H3,(H,20,23). The van der Waals surface area contributed by atoms with E-state index >= 15 is 0 Å². The van der Waals surface area contributed by atoms with Crippen LogP contribution in [-0.2, 0) is 10.2 Å². The fourth-order valence-corrected chi connectivity index (χ4v) is 2.89. The Morgan fingerprint density at radius 3 is 2.33 bits per heavy atom. The number of carbonyl (C=O) groups is 1. The Kier molecular flexibility index (Phi) is 3.41. The first kappa shape index (κ1) is 14.6. The lowest BCUT2D eigenvalue weighted by Gasteiger charge is -2.15. The molecule has 2 aromatic carbocycles. The van der Waals surface area contributed by atoms with E-state index in [0.717, 1.165) is 29.7 Å². The van der Waals surface area contributed by atoms with Gasteiger partial charge in [-0.15, -0.1) is 10.2 Å². The van der Waals surface area contributed by atoms with Gasteiger partial charge in [0.15, 0.2) is 0 Å². The zero-order chi connectivity index (χ0) is 16.6. The topological polar surface area (TPSA) is 68.0 Å². The van der Waals surface area contributed by atoms with Crippen LogP contribution < -0.4 is 5.32 Å². The fourth-order valence-electron chi connectivity index (χ4n) is 2.89. The minimum absolute atomic E-state index is 0.0510. The maximum absolute atomic E-state index is 12.7. The number of hydrogen-bond acceptors (Lipinski definition) is 4. The average molecular weight is 319 g/mol. The van der Waals surface area contributed by atoms with Crippen molar-refractivity contribution in [1.29, 1.82) is 0 Å². The van der Waals surface area contributed by atoms with E-state index < -0.39 is 0 Å². The van der Waals surface area contributed by atoms with Gasteiger partial charge >= 0.3 is 0 Å². The number of amides is 1. The zero-order valence-corrected chi connectivity index (χ0v) is 13.3. The van der Waals surface area contributed by atoms with Crippen molar-refractivity contribution >= 4 is 11.6 Å². The molecule has 1 heterocycles. The number of benzene rings is 2. The molecule has 0 saturated heterocycles. The molecule has 0 atom stereocenters. The molecule has 5 nitrogen and oxygen atoms in total. The molecule has 0 spiro atoms. The predicted molar refractivity (Wildman–Crippen MR) is 90.5 cm³/mol. The summed E-state index contributed by atoms with van der Waals surface area (Å²) < 4.78 is 5.40. The van der Waals surface area contributed by atoms with Crippen LogP contribution in [0.3, 0.4) is 0 Å². The number of rotatable bonds is 4. The van der Waals surface area contributed by atoms with Gasteiger partial charge in [0.25, 0.3) is 0 Å². The number of anilines is 1. The van der Waals surface area contributed by atoms with Gasteiger partial charge in [0.2, 0.25) is 17.7 Å². The van der Waals surface area contributed by atoms with Crippen LogP contribution in [0.25, 0.3) is 11.5 Å². The Bertz CT molecular complexity index is 865. The van der Waals surface area contributed by atoms with E-state index in [-0.39, 0.29) is 11.3 Å². The highest BCUT2D eigenvalue weighted by Gasteiger charge is 2.51. The van der Waals surface area contributed by atoms with Gasteiger partial charge in [0.05, 0.1) is 5.41 Å². The van der Waals surface area contributed by atoms with Crippen molar-refractivity contribution in [1.82, 2.24) is 10.2 Å². The lowest BCUT2D eigenvalue weighted by molar-refractivity contribution is -0.118. The van der Waals surface area contributed by atoms with Gasteiger partial charge < -0.3 is 9.73 Å². The lowest BCUT2D eigenvalue weighted by atomic mass is 9.95. The molecular weight excluding hydrogens is 302 g/mol. The molecule has 1 aliphatic rings. The van der Waals surface area contributed by atoms with Gasteiger partial charge in [-0.25, -0.2) is 0 Å². The predicted octanol–water partition coefficient (Wildman–Crippen LogP) is 3.72. The third kappa shape index (κ3) is 2.58. The molecule has 4 rings (SSSR count). The van der Waals surface area contributed by atoms with Crippen LogP contribution in [0, 0.1) is 6.92 Å². The monoisotopic (exact) mass is 319 g/mol. The van der Waals surface area contributed by atoms with Crippen molar-refractivity contribution < 1.29 is 9.21 Å². The first-order valence-corrected chi connectivity index (χ1v) is 7.95. The number of hydrogen-bond donors (Lipinski definition) is 1. The summed E-state index contributed by atoms with van der Waals surface area (Å²) >= 11 is 0. The molecule has 3 aromatic rings. The van der Waals surface area contributed by atoms with Crippen molar-refractivity contribution in [3.05, 3.63) is 66.1 Å². The molecule has 0 radical (unpaired) electrons. The molecule has 1 N–H and O–H groups in total. The minimum Gasteiger partial charge on any atom is -0.421 e. The average Bonchev–Trinajstić information content (AvgIpc) is 3.32. The Hall–Kier alpha value is -2.95. The summed E-state index contributed by atoms with van der Waals surface area (Å²) in [5, 5.41) is 10.8. The normalized spacial score (nSPS) is 15.0. The number of aryl methyl sites for hydroxylation is 1. The van der Waals surface area contributed by atoms with Gasteiger partial charge in [0.1, 0.15) is 0 Å². The molecule has 1 aromatic heterocycles. The number of nitrogens with one attached hydrogen (secondary N) is 1. The first-order valence-electron chi connectivity index (χ1n) is 7.95.